The van der Waals surface area contributed by atoms with Gasteiger partial charge in [0.1, 0.15) is 11.3 Å². The molecule has 2 rings (SSSR count). The van der Waals surface area contributed by atoms with Crippen LogP contribution in [-0.4, -0.2) is 56.8 Å². The summed E-state index contributed by atoms with van der Waals surface area (Å²) in [7, 11) is 2.04. The van der Waals surface area contributed by atoms with Gasteiger partial charge in [0.25, 0.3) is 5.91 Å². The monoisotopic (exact) mass is 293 g/mol. The van der Waals surface area contributed by atoms with E-state index in [1.165, 1.54) is 0 Å². The van der Waals surface area contributed by atoms with Crippen molar-refractivity contribution in [3.8, 4) is 5.75 Å². The smallest absolute Gasteiger partial charge is 0.257 e. The second-order valence-electron chi connectivity index (χ2n) is 5.12. The summed E-state index contributed by atoms with van der Waals surface area (Å²) in [6.07, 6.45) is 0.00757. The summed E-state index contributed by atoms with van der Waals surface area (Å²) in [6.45, 7) is 5.24. The Hall–Kier alpha value is -1.79. The van der Waals surface area contributed by atoms with Crippen LogP contribution in [0.4, 0.5) is 5.69 Å². The van der Waals surface area contributed by atoms with Gasteiger partial charge in [0.05, 0.1) is 19.3 Å². The van der Waals surface area contributed by atoms with Crippen molar-refractivity contribution in [3.63, 3.8) is 0 Å². The lowest BCUT2D eigenvalue weighted by atomic mass is 10.1. The van der Waals surface area contributed by atoms with E-state index in [4.69, 9.17) is 15.2 Å². The summed E-state index contributed by atoms with van der Waals surface area (Å²) in [5, 5.41) is 2.88. The average molecular weight is 293 g/mol. The van der Waals surface area contributed by atoms with Crippen LogP contribution in [0.1, 0.15) is 17.3 Å². The third-order valence-electron chi connectivity index (χ3n) is 3.42. The quantitative estimate of drug-likeness (QED) is 0.783. The fourth-order valence-corrected chi connectivity index (χ4v) is 2.35. The molecule has 0 aliphatic carbocycles. The lowest BCUT2D eigenvalue weighted by Gasteiger charge is -2.30. The van der Waals surface area contributed by atoms with Crippen LogP contribution in [0.15, 0.2) is 18.2 Å². The first-order valence-corrected chi connectivity index (χ1v) is 7.21. The maximum atomic E-state index is 12.3. The van der Waals surface area contributed by atoms with Gasteiger partial charge in [-0.05, 0) is 26.1 Å². The summed E-state index contributed by atoms with van der Waals surface area (Å²) in [4.78, 5) is 14.5. The van der Waals surface area contributed by atoms with Crippen LogP contribution in [0.5, 0.6) is 5.75 Å². The van der Waals surface area contributed by atoms with Crippen LogP contribution < -0.4 is 15.8 Å². The van der Waals surface area contributed by atoms with Crippen LogP contribution in [-0.2, 0) is 4.74 Å². The highest BCUT2D eigenvalue weighted by Gasteiger charge is 2.21. The Balaban J connectivity index is 2.00. The minimum Gasteiger partial charge on any atom is -0.493 e. The van der Waals surface area contributed by atoms with Crippen molar-refractivity contribution in [2.45, 2.75) is 13.0 Å². The number of carbonyl (C=O) groups excluding carboxylic acids is 1. The Morgan fingerprint density at radius 1 is 1.57 bits per heavy atom. The molecular formula is C15H23N3O3. The number of nitrogens with two attached hydrogens (primary N) is 1. The van der Waals surface area contributed by atoms with Gasteiger partial charge in [-0.1, -0.05) is 6.07 Å². The molecule has 3 N–H and O–H groups in total. The number of morpholine rings is 1. The molecule has 1 aliphatic heterocycles. The number of anilines is 1. The SMILES string of the molecule is CCOc1cccc(N)c1C(=O)NCC1CN(C)CCO1. The molecular weight excluding hydrogens is 270 g/mol. The molecule has 1 atom stereocenters. The van der Waals surface area contributed by atoms with Crippen molar-refractivity contribution < 1.29 is 14.3 Å². The first kappa shape index (κ1) is 15.6. The van der Waals surface area contributed by atoms with Crippen molar-refractivity contribution >= 4 is 11.6 Å². The fraction of sp³-hybridized carbons (Fsp3) is 0.533. The number of nitrogen functional groups attached to an aromatic ring is 1. The molecule has 1 aromatic rings. The zero-order valence-corrected chi connectivity index (χ0v) is 12.6. The molecule has 1 aliphatic rings. The number of carbonyl (C=O) groups is 1. The van der Waals surface area contributed by atoms with E-state index >= 15 is 0 Å². The number of nitrogens with zero attached hydrogens (tertiary/aromatic N) is 1. The normalized spacial score (nSPS) is 19.2. The van der Waals surface area contributed by atoms with Crippen LogP contribution >= 0.6 is 0 Å². The third-order valence-corrected chi connectivity index (χ3v) is 3.42. The van der Waals surface area contributed by atoms with Gasteiger partial charge >= 0.3 is 0 Å². The number of likely N-dealkylation sites (N-methyl/N-ethyl adjacent to an activating group) is 1. The predicted molar refractivity (Wildman–Crippen MR) is 81.6 cm³/mol. The van der Waals surface area contributed by atoms with E-state index < -0.39 is 0 Å². The molecule has 1 saturated heterocycles. The molecule has 6 nitrogen and oxygen atoms in total. The van der Waals surface area contributed by atoms with E-state index in [0.29, 0.717) is 36.8 Å². The second kappa shape index (κ2) is 7.28. The molecule has 6 heteroatoms. The summed E-state index contributed by atoms with van der Waals surface area (Å²) in [5.41, 5.74) is 6.71. The Kier molecular flexibility index (Phi) is 5.41. The maximum absolute atomic E-state index is 12.3. The van der Waals surface area contributed by atoms with E-state index in [1.54, 1.807) is 18.2 Å². The van der Waals surface area contributed by atoms with Gasteiger partial charge in [-0.25, -0.2) is 0 Å². The molecule has 1 aromatic carbocycles. The number of hydrogen-bond acceptors (Lipinski definition) is 5. The van der Waals surface area contributed by atoms with E-state index in [9.17, 15) is 4.79 Å². The minimum absolute atomic E-state index is 0.00757. The molecule has 116 valence electrons. The van der Waals surface area contributed by atoms with Crippen molar-refractivity contribution in [1.82, 2.24) is 10.2 Å². The largest absolute Gasteiger partial charge is 0.493 e. The molecule has 1 unspecified atom stereocenters. The first-order chi connectivity index (χ1) is 10.1. The second-order valence-corrected chi connectivity index (χ2v) is 5.12. The molecule has 0 saturated carbocycles. The Morgan fingerprint density at radius 2 is 2.38 bits per heavy atom. The minimum atomic E-state index is -0.228. The van der Waals surface area contributed by atoms with Gasteiger partial charge in [0, 0.05) is 25.3 Å². The highest BCUT2D eigenvalue weighted by Crippen LogP contribution is 2.24. The van der Waals surface area contributed by atoms with Crippen molar-refractivity contribution in [3.05, 3.63) is 23.8 Å². The van der Waals surface area contributed by atoms with Gasteiger partial charge in [-0.15, -0.1) is 0 Å². The lowest BCUT2D eigenvalue weighted by molar-refractivity contribution is -0.0175. The molecule has 0 radical (unpaired) electrons. The third kappa shape index (κ3) is 4.09. The molecule has 1 fully saturated rings. The summed E-state index contributed by atoms with van der Waals surface area (Å²) in [6, 6.07) is 5.22. The zero-order valence-electron chi connectivity index (χ0n) is 12.6. The van der Waals surface area contributed by atoms with E-state index in [-0.39, 0.29) is 12.0 Å². The standard InChI is InChI=1S/C15H23N3O3/c1-3-20-13-6-4-5-12(16)14(13)15(19)17-9-11-10-18(2)7-8-21-11/h4-6,11H,3,7-10,16H2,1-2H3,(H,17,19). The fourth-order valence-electron chi connectivity index (χ4n) is 2.35. The van der Waals surface area contributed by atoms with Gasteiger partial charge < -0.3 is 25.4 Å². The maximum Gasteiger partial charge on any atom is 0.257 e. The van der Waals surface area contributed by atoms with Crippen molar-refractivity contribution in [1.29, 1.82) is 0 Å². The van der Waals surface area contributed by atoms with Crippen LogP contribution in [0, 0.1) is 0 Å². The Bertz CT molecular complexity index is 493. The summed E-state index contributed by atoms with van der Waals surface area (Å²) < 4.78 is 11.1. The van der Waals surface area contributed by atoms with Crippen molar-refractivity contribution in [2.75, 3.05) is 45.6 Å². The molecule has 21 heavy (non-hydrogen) atoms. The van der Waals surface area contributed by atoms with E-state index in [1.807, 2.05) is 14.0 Å². The average Bonchev–Trinajstić information content (AvgIpc) is 2.45. The highest BCUT2D eigenvalue weighted by molar-refractivity contribution is 6.01. The number of nitrogens with one attached hydrogen (secondary N) is 1. The Labute approximate surface area is 125 Å². The van der Waals surface area contributed by atoms with E-state index in [0.717, 1.165) is 13.1 Å². The molecule has 0 bridgehead atoms. The topological polar surface area (TPSA) is 76.8 Å². The van der Waals surface area contributed by atoms with Crippen LogP contribution in [0.3, 0.4) is 0 Å². The molecule has 1 amide bonds. The van der Waals surface area contributed by atoms with Gasteiger partial charge in [-0.2, -0.15) is 0 Å². The Morgan fingerprint density at radius 3 is 3.10 bits per heavy atom. The molecule has 1 heterocycles. The number of amides is 1. The number of rotatable bonds is 5. The zero-order chi connectivity index (χ0) is 15.2. The summed E-state index contributed by atoms with van der Waals surface area (Å²) in [5.74, 6) is 0.282. The lowest BCUT2D eigenvalue weighted by Crippen LogP contribution is -2.46. The van der Waals surface area contributed by atoms with Crippen LogP contribution in [0.2, 0.25) is 0 Å². The van der Waals surface area contributed by atoms with Gasteiger partial charge in [0.2, 0.25) is 0 Å². The van der Waals surface area contributed by atoms with Gasteiger partial charge in [-0.3, -0.25) is 4.79 Å². The van der Waals surface area contributed by atoms with Gasteiger partial charge in [0.15, 0.2) is 0 Å². The highest BCUT2D eigenvalue weighted by atomic mass is 16.5. The summed E-state index contributed by atoms with van der Waals surface area (Å²) >= 11 is 0. The first-order valence-electron chi connectivity index (χ1n) is 7.21. The van der Waals surface area contributed by atoms with E-state index in [2.05, 4.69) is 10.2 Å². The number of ether oxygens (including phenoxy) is 2. The molecule has 0 spiro atoms. The van der Waals surface area contributed by atoms with Crippen LogP contribution in [0.25, 0.3) is 0 Å². The number of benzene rings is 1. The number of hydrogen-bond donors (Lipinski definition) is 2. The molecule has 0 aromatic heterocycles. The predicted octanol–water partition coefficient (Wildman–Crippen LogP) is 0.728. The van der Waals surface area contributed by atoms with Crippen molar-refractivity contribution in [2.24, 2.45) is 0 Å².